The Hall–Kier alpha value is -3.06. The van der Waals surface area contributed by atoms with Crippen molar-refractivity contribution in [3.8, 4) is 11.6 Å². The molecule has 2 aromatic heterocycles. The average molecular weight is 353 g/mol. The van der Waals surface area contributed by atoms with Crippen LogP contribution in [0.3, 0.4) is 0 Å². The first-order valence-electron chi connectivity index (χ1n) is 7.45. The third-order valence-corrected chi connectivity index (χ3v) is 4.35. The average Bonchev–Trinajstić information content (AvgIpc) is 3.08. The van der Waals surface area contributed by atoms with E-state index in [1.54, 1.807) is 6.20 Å². The molecule has 0 aliphatic rings. The maximum atomic E-state index is 12.0. The summed E-state index contributed by atoms with van der Waals surface area (Å²) in [6, 6.07) is 5.29. The van der Waals surface area contributed by atoms with E-state index >= 15 is 0 Å². The van der Waals surface area contributed by atoms with Gasteiger partial charge in [-0.1, -0.05) is 6.08 Å². The molecule has 0 saturated heterocycles. The van der Waals surface area contributed by atoms with Gasteiger partial charge in [-0.3, -0.25) is 0 Å². The van der Waals surface area contributed by atoms with Crippen molar-refractivity contribution in [2.45, 2.75) is 13.8 Å². The Labute approximate surface area is 148 Å². The van der Waals surface area contributed by atoms with Crippen molar-refractivity contribution in [3.63, 3.8) is 0 Å². The second kappa shape index (κ2) is 7.23. The number of thiazole rings is 1. The summed E-state index contributed by atoms with van der Waals surface area (Å²) in [5.41, 5.74) is 2.60. The first kappa shape index (κ1) is 16.8. The molecule has 0 spiro atoms. The number of esters is 1. The fourth-order valence-corrected chi connectivity index (χ4v) is 2.89. The quantitative estimate of drug-likeness (QED) is 0.721. The van der Waals surface area contributed by atoms with Crippen LogP contribution in [-0.2, 0) is 0 Å². The Morgan fingerprint density at radius 3 is 2.64 bits per heavy atom. The molecule has 1 N–H and O–H groups in total. The van der Waals surface area contributed by atoms with Crippen molar-refractivity contribution in [2.24, 2.45) is 0 Å². The number of phenols is 1. The van der Waals surface area contributed by atoms with Gasteiger partial charge in [-0.2, -0.15) is 0 Å². The normalized spacial score (nSPS) is 11.0. The number of nitrogens with zero attached hydrogens (tertiary/aromatic N) is 3. The van der Waals surface area contributed by atoms with E-state index < -0.39 is 5.97 Å². The molecule has 6 nitrogen and oxygen atoms in total. The van der Waals surface area contributed by atoms with Crippen LogP contribution in [0.5, 0.6) is 11.6 Å². The first-order valence-corrected chi connectivity index (χ1v) is 8.27. The lowest BCUT2D eigenvalue weighted by molar-refractivity contribution is 0.0727. The molecule has 0 unspecified atom stereocenters. The van der Waals surface area contributed by atoms with E-state index in [2.05, 4.69) is 15.0 Å². The van der Waals surface area contributed by atoms with Gasteiger partial charge in [0.1, 0.15) is 12.1 Å². The van der Waals surface area contributed by atoms with Gasteiger partial charge in [-0.15, -0.1) is 11.3 Å². The number of rotatable bonds is 4. The molecule has 0 aliphatic carbocycles. The van der Waals surface area contributed by atoms with Crippen LogP contribution in [-0.4, -0.2) is 26.0 Å². The van der Waals surface area contributed by atoms with Crippen LogP contribution in [0.4, 0.5) is 0 Å². The lowest BCUT2D eigenvalue weighted by atomic mass is 10.1. The van der Waals surface area contributed by atoms with E-state index in [1.165, 1.54) is 29.9 Å². The van der Waals surface area contributed by atoms with Crippen molar-refractivity contribution < 1.29 is 14.6 Å². The number of carbonyl (C=O) groups is 1. The van der Waals surface area contributed by atoms with Gasteiger partial charge in [-0.25, -0.2) is 19.7 Å². The predicted molar refractivity (Wildman–Crippen MR) is 95.6 cm³/mol. The van der Waals surface area contributed by atoms with E-state index in [1.807, 2.05) is 38.1 Å². The predicted octanol–water partition coefficient (Wildman–Crippen LogP) is 3.65. The second-order valence-electron chi connectivity index (χ2n) is 5.34. The van der Waals surface area contributed by atoms with Crippen LogP contribution in [0.1, 0.15) is 31.4 Å². The van der Waals surface area contributed by atoms with Gasteiger partial charge in [-0.05, 0) is 48.7 Å². The number of hydrogen-bond donors (Lipinski definition) is 1. The van der Waals surface area contributed by atoms with Gasteiger partial charge in [0.15, 0.2) is 0 Å². The summed E-state index contributed by atoms with van der Waals surface area (Å²) in [5.74, 6) is -0.0632. The van der Waals surface area contributed by atoms with Crippen molar-refractivity contribution in [2.75, 3.05) is 0 Å². The highest BCUT2D eigenvalue weighted by Crippen LogP contribution is 2.24. The summed E-state index contributed by atoms with van der Waals surface area (Å²) in [5, 5.41) is 10.1. The molecule has 0 saturated carbocycles. The minimum atomic E-state index is -0.556. The summed E-state index contributed by atoms with van der Waals surface area (Å²) >= 11 is 1.23. The number of benzene rings is 1. The van der Waals surface area contributed by atoms with Gasteiger partial charge in [0, 0.05) is 23.3 Å². The van der Waals surface area contributed by atoms with Crippen LogP contribution in [0.25, 0.3) is 12.2 Å². The number of carbonyl (C=O) groups excluding carboxylic acids is 1. The van der Waals surface area contributed by atoms with Crippen LogP contribution in [0.15, 0.2) is 36.9 Å². The summed E-state index contributed by atoms with van der Waals surface area (Å²) in [7, 11) is 0. The fourth-order valence-electron chi connectivity index (χ4n) is 2.20. The number of hydrogen-bond acceptors (Lipinski definition) is 7. The third-order valence-electron chi connectivity index (χ3n) is 3.40. The van der Waals surface area contributed by atoms with Gasteiger partial charge in [0.2, 0.25) is 10.9 Å². The van der Waals surface area contributed by atoms with E-state index in [9.17, 15) is 9.90 Å². The Morgan fingerprint density at radius 2 is 1.96 bits per heavy atom. The summed E-state index contributed by atoms with van der Waals surface area (Å²) in [4.78, 5) is 24.5. The number of ether oxygens (including phenoxy) is 1. The Balaban J connectivity index is 1.72. The molecular weight excluding hydrogens is 338 g/mol. The van der Waals surface area contributed by atoms with Gasteiger partial charge >= 0.3 is 5.97 Å². The summed E-state index contributed by atoms with van der Waals surface area (Å²) < 4.78 is 5.13. The molecule has 3 rings (SSSR count). The maximum Gasteiger partial charge on any atom is 0.374 e. The topological polar surface area (TPSA) is 85.2 Å². The fraction of sp³-hybridized carbons (Fsp3) is 0.111. The minimum Gasteiger partial charge on any atom is -0.507 e. The zero-order valence-electron chi connectivity index (χ0n) is 13.6. The molecule has 0 amide bonds. The molecule has 0 aliphatic heterocycles. The van der Waals surface area contributed by atoms with Crippen LogP contribution in [0.2, 0.25) is 0 Å². The zero-order chi connectivity index (χ0) is 17.8. The third kappa shape index (κ3) is 4.07. The Morgan fingerprint density at radius 1 is 1.20 bits per heavy atom. The van der Waals surface area contributed by atoms with Crippen molar-refractivity contribution in [1.82, 2.24) is 15.0 Å². The number of aromatic hydroxyl groups is 1. The van der Waals surface area contributed by atoms with Crippen molar-refractivity contribution in [3.05, 3.63) is 63.5 Å². The van der Waals surface area contributed by atoms with Crippen LogP contribution < -0.4 is 4.74 Å². The monoisotopic (exact) mass is 353 g/mol. The van der Waals surface area contributed by atoms with Gasteiger partial charge in [0.25, 0.3) is 0 Å². The van der Waals surface area contributed by atoms with Crippen LogP contribution in [0, 0.1) is 13.8 Å². The number of phenolic OH excluding ortho intramolecular Hbond substituents is 1. The smallest absolute Gasteiger partial charge is 0.374 e. The highest BCUT2D eigenvalue weighted by Gasteiger charge is 2.13. The maximum absolute atomic E-state index is 12.0. The Kier molecular flexibility index (Phi) is 4.85. The highest BCUT2D eigenvalue weighted by molar-refractivity contribution is 7.14. The second-order valence-corrected chi connectivity index (χ2v) is 6.40. The molecule has 0 bridgehead atoms. The molecule has 7 heteroatoms. The largest absolute Gasteiger partial charge is 0.507 e. The van der Waals surface area contributed by atoms with Gasteiger partial charge < -0.3 is 9.84 Å². The molecular formula is C18H15N3O3S. The molecule has 126 valence electrons. The zero-order valence-corrected chi connectivity index (χ0v) is 14.4. The van der Waals surface area contributed by atoms with E-state index in [4.69, 9.17) is 4.74 Å². The first-order chi connectivity index (χ1) is 12.0. The molecule has 2 heterocycles. The summed E-state index contributed by atoms with van der Waals surface area (Å²) in [6.45, 7) is 3.71. The van der Waals surface area contributed by atoms with E-state index in [-0.39, 0.29) is 10.9 Å². The molecule has 0 atom stereocenters. The Bertz CT molecular complexity index is 913. The van der Waals surface area contributed by atoms with Crippen LogP contribution >= 0.6 is 11.3 Å². The standard InChI is InChI=1S/C18H15N3O3S/c1-11-7-13(8-12(2)16(11)22)3-4-14-9-20-17(25-14)18(23)24-15-5-6-19-10-21-15/h3-10,22H,1-2H3/b4-3+. The van der Waals surface area contributed by atoms with Crippen molar-refractivity contribution in [1.29, 1.82) is 0 Å². The lowest BCUT2D eigenvalue weighted by Crippen LogP contribution is -2.08. The van der Waals surface area contributed by atoms with Crippen molar-refractivity contribution >= 4 is 29.5 Å². The minimum absolute atomic E-state index is 0.183. The molecule has 1 aromatic carbocycles. The lowest BCUT2D eigenvalue weighted by Gasteiger charge is -2.04. The highest BCUT2D eigenvalue weighted by atomic mass is 32.1. The number of aryl methyl sites for hydroxylation is 2. The molecule has 3 aromatic rings. The van der Waals surface area contributed by atoms with E-state index in [0.717, 1.165) is 21.6 Å². The molecule has 25 heavy (non-hydrogen) atoms. The van der Waals surface area contributed by atoms with Gasteiger partial charge in [0.05, 0.1) is 0 Å². The SMILES string of the molecule is Cc1cc(/C=C/c2cnc(C(=O)Oc3ccncn3)s2)cc(C)c1O. The van der Waals surface area contributed by atoms with E-state index in [0.29, 0.717) is 5.75 Å². The summed E-state index contributed by atoms with van der Waals surface area (Å²) in [6.07, 6.45) is 8.18. The molecule has 0 radical (unpaired) electrons. The molecule has 0 fully saturated rings. The number of aromatic nitrogens is 3.